The van der Waals surface area contributed by atoms with Crippen LogP contribution in [0.25, 0.3) is 5.82 Å². The summed E-state index contributed by atoms with van der Waals surface area (Å²) in [7, 11) is 0. The molecule has 0 saturated heterocycles. The van der Waals surface area contributed by atoms with Gasteiger partial charge >= 0.3 is 0 Å². The second-order valence-electron chi connectivity index (χ2n) is 5.31. The van der Waals surface area contributed by atoms with Gasteiger partial charge < -0.3 is 5.32 Å². The Morgan fingerprint density at radius 2 is 2.29 bits per heavy atom. The fraction of sp³-hybridized carbons (Fsp3) is 0.400. The summed E-state index contributed by atoms with van der Waals surface area (Å²) in [4.78, 5) is 20.4. The highest BCUT2D eigenvalue weighted by Crippen LogP contribution is 2.21. The highest BCUT2D eigenvalue weighted by Gasteiger charge is 2.23. The maximum Gasteiger partial charge on any atom is 0.251 e. The Morgan fingerprint density at radius 3 is 3.05 bits per heavy atom. The van der Waals surface area contributed by atoms with Crippen LogP contribution in [0.5, 0.6) is 0 Å². The molecule has 5 nitrogen and oxygen atoms in total. The minimum Gasteiger partial charge on any atom is -0.349 e. The zero-order valence-corrected chi connectivity index (χ0v) is 11.6. The fourth-order valence-electron chi connectivity index (χ4n) is 2.63. The number of aromatic nitrogens is 3. The molecule has 1 aliphatic rings. The first-order chi connectivity index (χ1) is 10.2. The topological polar surface area (TPSA) is 59.8 Å². The van der Waals surface area contributed by atoms with Crippen molar-refractivity contribution in [3.63, 3.8) is 0 Å². The van der Waals surface area contributed by atoms with E-state index in [4.69, 9.17) is 0 Å². The smallest absolute Gasteiger partial charge is 0.251 e. The van der Waals surface area contributed by atoms with E-state index in [2.05, 4.69) is 15.3 Å². The predicted octanol–water partition coefficient (Wildman–Crippen LogP) is 2.28. The van der Waals surface area contributed by atoms with Crippen LogP contribution in [0, 0.1) is 0 Å². The Morgan fingerprint density at radius 1 is 1.38 bits per heavy atom. The van der Waals surface area contributed by atoms with Gasteiger partial charge in [-0.1, -0.05) is 0 Å². The molecule has 6 heteroatoms. The highest BCUT2D eigenvalue weighted by molar-refractivity contribution is 5.94. The van der Waals surface area contributed by atoms with Crippen molar-refractivity contribution in [2.75, 3.05) is 0 Å². The second-order valence-corrected chi connectivity index (χ2v) is 5.31. The summed E-state index contributed by atoms with van der Waals surface area (Å²) < 4.78 is 15.1. The Kier molecular flexibility index (Phi) is 3.94. The Balaban J connectivity index is 1.71. The molecular weight excluding hydrogens is 271 g/mol. The molecule has 110 valence electrons. The zero-order chi connectivity index (χ0) is 14.7. The van der Waals surface area contributed by atoms with Crippen molar-refractivity contribution in [2.45, 2.75) is 37.9 Å². The third kappa shape index (κ3) is 3.26. The Labute approximate surface area is 122 Å². The predicted molar refractivity (Wildman–Crippen MR) is 76.0 cm³/mol. The van der Waals surface area contributed by atoms with Crippen LogP contribution in [0.15, 0.2) is 37.1 Å². The zero-order valence-electron chi connectivity index (χ0n) is 11.6. The van der Waals surface area contributed by atoms with Crippen molar-refractivity contribution in [3.8, 4) is 5.82 Å². The van der Waals surface area contributed by atoms with Crippen LogP contribution < -0.4 is 5.32 Å². The molecule has 0 aromatic carbocycles. The number of pyridine rings is 1. The van der Waals surface area contributed by atoms with Gasteiger partial charge in [0.2, 0.25) is 0 Å². The van der Waals surface area contributed by atoms with E-state index in [1.54, 1.807) is 41.6 Å². The number of carbonyl (C=O) groups is 1. The monoisotopic (exact) mass is 288 g/mol. The lowest BCUT2D eigenvalue weighted by atomic mass is 9.94. The summed E-state index contributed by atoms with van der Waals surface area (Å²) in [6.07, 6.45) is 8.49. The maximum atomic E-state index is 13.4. The largest absolute Gasteiger partial charge is 0.349 e. The van der Waals surface area contributed by atoms with Crippen LogP contribution in [0.3, 0.4) is 0 Å². The molecule has 2 atom stereocenters. The number of hydrogen-bond acceptors (Lipinski definition) is 3. The second kappa shape index (κ2) is 6.03. The van der Waals surface area contributed by atoms with Crippen LogP contribution in [0.2, 0.25) is 0 Å². The number of hydrogen-bond donors (Lipinski definition) is 1. The molecule has 3 rings (SSSR count). The molecule has 0 radical (unpaired) electrons. The number of nitrogens with one attached hydrogen (secondary N) is 1. The molecule has 2 aromatic rings. The molecule has 2 heterocycles. The maximum absolute atomic E-state index is 13.4. The summed E-state index contributed by atoms with van der Waals surface area (Å²) in [5.74, 6) is 0.449. The average Bonchev–Trinajstić information content (AvgIpc) is 3.02. The molecule has 2 unspecified atom stereocenters. The summed E-state index contributed by atoms with van der Waals surface area (Å²) >= 11 is 0. The first-order valence-electron chi connectivity index (χ1n) is 7.11. The highest BCUT2D eigenvalue weighted by atomic mass is 19.1. The van der Waals surface area contributed by atoms with E-state index >= 15 is 0 Å². The van der Waals surface area contributed by atoms with Crippen LogP contribution in [0.1, 0.15) is 36.0 Å². The van der Waals surface area contributed by atoms with E-state index in [-0.39, 0.29) is 11.9 Å². The minimum absolute atomic E-state index is 0.0777. The van der Waals surface area contributed by atoms with E-state index in [1.807, 2.05) is 0 Å². The molecule has 1 N–H and O–H groups in total. The molecule has 21 heavy (non-hydrogen) atoms. The Hall–Kier alpha value is -2.24. The molecule has 0 aliphatic heterocycles. The van der Waals surface area contributed by atoms with Gasteiger partial charge in [0.1, 0.15) is 18.3 Å². The van der Waals surface area contributed by atoms with Crippen molar-refractivity contribution in [2.24, 2.45) is 0 Å². The third-order valence-corrected chi connectivity index (χ3v) is 3.72. The molecule has 2 aromatic heterocycles. The third-order valence-electron chi connectivity index (χ3n) is 3.72. The van der Waals surface area contributed by atoms with E-state index in [0.29, 0.717) is 24.2 Å². The first kappa shape index (κ1) is 13.7. The summed E-state index contributed by atoms with van der Waals surface area (Å²) in [6, 6.07) is 3.28. The van der Waals surface area contributed by atoms with E-state index in [1.165, 1.54) is 0 Å². The molecule has 1 fully saturated rings. The number of carbonyl (C=O) groups excluding carboxylic acids is 1. The first-order valence-corrected chi connectivity index (χ1v) is 7.11. The molecule has 0 spiro atoms. The van der Waals surface area contributed by atoms with Crippen LogP contribution in [-0.4, -0.2) is 32.7 Å². The number of rotatable bonds is 3. The van der Waals surface area contributed by atoms with Gasteiger partial charge in [-0.25, -0.2) is 14.4 Å². The van der Waals surface area contributed by atoms with Crippen molar-refractivity contribution >= 4 is 5.91 Å². The number of imidazole rings is 1. The van der Waals surface area contributed by atoms with Gasteiger partial charge in [0.25, 0.3) is 5.91 Å². The van der Waals surface area contributed by atoms with Crippen LogP contribution in [0.4, 0.5) is 4.39 Å². The molecule has 1 amide bonds. The van der Waals surface area contributed by atoms with Gasteiger partial charge in [0.05, 0.1) is 0 Å². The van der Waals surface area contributed by atoms with Gasteiger partial charge in [-0.2, -0.15) is 0 Å². The normalized spacial score (nSPS) is 22.0. The van der Waals surface area contributed by atoms with E-state index < -0.39 is 6.17 Å². The van der Waals surface area contributed by atoms with Crippen molar-refractivity contribution in [1.29, 1.82) is 0 Å². The van der Waals surface area contributed by atoms with Crippen LogP contribution >= 0.6 is 0 Å². The van der Waals surface area contributed by atoms with E-state index in [9.17, 15) is 9.18 Å². The molecular formula is C15H17FN4O. The quantitative estimate of drug-likeness (QED) is 0.942. The minimum atomic E-state index is -0.803. The number of nitrogens with zero attached hydrogens (tertiary/aromatic N) is 3. The van der Waals surface area contributed by atoms with Gasteiger partial charge in [-0.05, 0) is 37.8 Å². The molecule has 0 bridgehead atoms. The van der Waals surface area contributed by atoms with Gasteiger partial charge in [0.15, 0.2) is 0 Å². The number of alkyl halides is 1. The van der Waals surface area contributed by atoms with Gasteiger partial charge in [-0.15, -0.1) is 0 Å². The average molecular weight is 288 g/mol. The summed E-state index contributed by atoms with van der Waals surface area (Å²) in [5, 5.41) is 2.91. The lowest BCUT2D eigenvalue weighted by Gasteiger charge is -2.25. The Bertz CT molecular complexity index is 614. The van der Waals surface area contributed by atoms with Crippen molar-refractivity contribution in [1.82, 2.24) is 19.9 Å². The summed E-state index contributed by atoms with van der Waals surface area (Å²) in [6.45, 7) is 0. The lowest BCUT2D eigenvalue weighted by molar-refractivity contribution is 0.0913. The summed E-state index contributed by atoms with van der Waals surface area (Å²) in [5.41, 5.74) is 0.523. The van der Waals surface area contributed by atoms with Crippen molar-refractivity contribution < 1.29 is 9.18 Å². The van der Waals surface area contributed by atoms with E-state index in [0.717, 1.165) is 12.8 Å². The van der Waals surface area contributed by atoms with Crippen molar-refractivity contribution in [3.05, 3.63) is 42.6 Å². The van der Waals surface area contributed by atoms with Crippen LogP contribution in [-0.2, 0) is 0 Å². The molecule has 1 aliphatic carbocycles. The fourth-order valence-corrected chi connectivity index (χ4v) is 2.63. The number of halogens is 1. The lowest BCUT2D eigenvalue weighted by Crippen LogP contribution is -2.38. The van der Waals surface area contributed by atoms with Gasteiger partial charge in [0, 0.05) is 30.2 Å². The SMILES string of the molecule is O=C(NC1CCCC(F)C1)c1ccnc(-n2ccnc2)c1. The number of amides is 1. The molecule has 1 saturated carbocycles. The van der Waals surface area contributed by atoms with Gasteiger partial charge in [-0.3, -0.25) is 9.36 Å². The standard InChI is InChI=1S/C15H17FN4O/c16-12-2-1-3-13(9-12)19-15(21)11-4-5-18-14(8-11)20-7-6-17-10-20/h4-8,10,12-13H,1-3,9H2,(H,19,21).